The van der Waals surface area contributed by atoms with Crippen molar-refractivity contribution in [3.05, 3.63) is 82.9 Å². The first-order chi connectivity index (χ1) is 16.1. The van der Waals surface area contributed by atoms with E-state index in [1.54, 1.807) is 30.6 Å². The van der Waals surface area contributed by atoms with Crippen LogP contribution in [0.3, 0.4) is 0 Å². The van der Waals surface area contributed by atoms with E-state index in [1.807, 2.05) is 48.0 Å². The molecule has 0 bridgehead atoms. The first-order valence-corrected chi connectivity index (χ1v) is 10.4. The Morgan fingerprint density at radius 1 is 1.03 bits per heavy atom. The van der Waals surface area contributed by atoms with Crippen molar-refractivity contribution in [2.24, 2.45) is 7.05 Å². The van der Waals surface area contributed by atoms with Gasteiger partial charge in [-0.25, -0.2) is 4.68 Å². The van der Waals surface area contributed by atoms with Crippen LogP contribution >= 0.6 is 0 Å². The topological polar surface area (TPSA) is 117 Å². The van der Waals surface area contributed by atoms with Crippen molar-refractivity contribution in [2.45, 2.75) is 6.54 Å². The van der Waals surface area contributed by atoms with Gasteiger partial charge in [-0.1, -0.05) is 18.2 Å². The van der Waals surface area contributed by atoms with E-state index >= 15 is 0 Å². The summed E-state index contributed by atoms with van der Waals surface area (Å²) in [6.07, 6.45) is 3.51. The Labute approximate surface area is 187 Å². The average molecular weight is 437 g/mol. The summed E-state index contributed by atoms with van der Waals surface area (Å²) >= 11 is 0. The van der Waals surface area contributed by atoms with Gasteiger partial charge in [0.2, 0.25) is 5.88 Å². The standard InChI is InChI=1S/C24H19N7O2/c1-30-20-10-15(33-22-7-3-6-21(25)28-22)8-9-16(20)18-12-27-31(24(32)23(18)30)13-14-4-2-5-19-17(14)11-26-29-19/h2-12H,13H2,1H3,(H2,25,28)(H,26,29). The van der Waals surface area contributed by atoms with E-state index < -0.39 is 0 Å². The molecule has 0 saturated heterocycles. The third-order valence-electron chi connectivity index (χ3n) is 5.84. The maximum atomic E-state index is 13.4. The summed E-state index contributed by atoms with van der Waals surface area (Å²) in [6.45, 7) is 0.350. The number of H-pyrrole nitrogens is 1. The second kappa shape index (κ2) is 7.20. The van der Waals surface area contributed by atoms with Gasteiger partial charge in [0, 0.05) is 35.3 Å². The van der Waals surface area contributed by atoms with Gasteiger partial charge in [-0.15, -0.1) is 0 Å². The molecule has 3 N–H and O–H groups in total. The van der Waals surface area contributed by atoms with Gasteiger partial charge in [0.05, 0.1) is 30.0 Å². The van der Waals surface area contributed by atoms with Crippen LogP contribution in [0, 0.1) is 0 Å². The Kier molecular flexibility index (Phi) is 4.16. The predicted molar refractivity (Wildman–Crippen MR) is 126 cm³/mol. The molecule has 9 nitrogen and oxygen atoms in total. The molecule has 162 valence electrons. The maximum absolute atomic E-state index is 13.4. The summed E-state index contributed by atoms with van der Waals surface area (Å²) in [7, 11) is 1.87. The fourth-order valence-corrected chi connectivity index (χ4v) is 4.25. The smallest absolute Gasteiger partial charge is 0.291 e. The van der Waals surface area contributed by atoms with Crippen molar-refractivity contribution in [1.82, 2.24) is 29.5 Å². The number of aromatic nitrogens is 6. The van der Waals surface area contributed by atoms with Gasteiger partial charge in [0.25, 0.3) is 5.56 Å². The lowest BCUT2D eigenvalue weighted by atomic mass is 10.1. The van der Waals surface area contributed by atoms with E-state index in [2.05, 4.69) is 20.3 Å². The fourth-order valence-electron chi connectivity index (χ4n) is 4.25. The molecular weight excluding hydrogens is 418 g/mol. The minimum absolute atomic E-state index is 0.160. The number of fused-ring (bicyclic) bond motifs is 4. The maximum Gasteiger partial charge on any atom is 0.291 e. The number of aryl methyl sites for hydroxylation is 1. The molecule has 0 atom stereocenters. The highest BCUT2D eigenvalue weighted by Gasteiger charge is 2.16. The zero-order chi connectivity index (χ0) is 22.5. The lowest BCUT2D eigenvalue weighted by molar-refractivity contribution is 0.464. The first kappa shape index (κ1) is 19.1. The highest BCUT2D eigenvalue weighted by atomic mass is 16.5. The number of nitrogen functional groups attached to an aromatic ring is 1. The van der Waals surface area contributed by atoms with Crippen LogP contribution in [0.5, 0.6) is 11.6 Å². The molecule has 0 radical (unpaired) electrons. The number of hydrogen-bond acceptors (Lipinski definition) is 6. The summed E-state index contributed by atoms with van der Waals surface area (Å²) in [5, 5.41) is 14.2. The Bertz CT molecular complexity index is 1730. The van der Waals surface area contributed by atoms with E-state index in [9.17, 15) is 4.79 Å². The SMILES string of the molecule is Cn1c2cc(Oc3cccc(N)n3)ccc2c2cnn(Cc3cccc4[nH]ncc34)c(=O)c21. The monoisotopic (exact) mass is 437 g/mol. The molecule has 0 spiro atoms. The Morgan fingerprint density at radius 3 is 2.79 bits per heavy atom. The number of anilines is 1. The Morgan fingerprint density at radius 2 is 1.91 bits per heavy atom. The second-order valence-electron chi connectivity index (χ2n) is 7.86. The molecule has 2 aromatic carbocycles. The number of nitrogens with two attached hydrogens (primary N) is 1. The highest BCUT2D eigenvalue weighted by Crippen LogP contribution is 2.30. The van der Waals surface area contributed by atoms with Crippen LogP contribution in [0.25, 0.3) is 32.7 Å². The number of hydrogen-bond donors (Lipinski definition) is 2. The molecule has 0 unspecified atom stereocenters. The molecule has 0 saturated carbocycles. The normalized spacial score (nSPS) is 11.5. The Balaban J connectivity index is 1.44. The minimum atomic E-state index is -0.160. The first-order valence-electron chi connectivity index (χ1n) is 10.4. The zero-order valence-electron chi connectivity index (χ0n) is 17.7. The van der Waals surface area contributed by atoms with Crippen molar-refractivity contribution < 1.29 is 4.74 Å². The van der Waals surface area contributed by atoms with E-state index in [4.69, 9.17) is 10.5 Å². The zero-order valence-corrected chi connectivity index (χ0v) is 17.7. The molecule has 0 aliphatic heterocycles. The molecule has 4 heterocycles. The molecule has 4 aromatic heterocycles. The van der Waals surface area contributed by atoms with E-state index in [-0.39, 0.29) is 5.56 Å². The molecular formula is C24H19N7O2. The van der Waals surface area contributed by atoms with E-state index in [1.165, 1.54) is 4.68 Å². The van der Waals surface area contributed by atoms with Gasteiger partial charge >= 0.3 is 0 Å². The number of ether oxygens (including phenoxy) is 1. The molecule has 6 aromatic rings. The summed E-state index contributed by atoms with van der Waals surface area (Å²) < 4.78 is 9.23. The highest BCUT2D eigenvalue weighted by molar-refractivity contribution is 6.07. The molecule has 0 amide bonds. The van der Waals surface area contributed by atoms with Crippen LogP contribution in [-0.4, -0.2) is 29.5 Å². The summed E-state index contributed by atoms with van der Waals surface area (Å²) in [4.78, 5) is 17.6. The van der Waals surface area contributed by atoms with E-state index in [0.717, 1.165) is 32.8 Å². The van der Waals surface area contributed by atoms with Crippen molar-refractivity contribution in [2.75, 3.05) is 5.73 Å². The van der Waals surface area contributed by atoms with Crippen molar-refractivity contribution in [3.8, 4) is 11.6 Å². The number of rotatable bonds is 4. The predicted octanol–water partition coefficient (Wildman–Crippen LogP) is 3.58. The summed E-state index contributed by atoms with van der Waals surface area (Å²) in [5.41, 5.74) is 8.92. The third-order valence-corrected chi connectivity index (χ3v) is 5.84. The lowest BCUT2D eigenvalue weighted by Gasteiger charge is -2.07. The fraction of sp³-hybridized carbons (Fsp3) is 0.0833. The quantitative estimate of drug-likeness (QED) is 0.435. The van der Waals surface area contributed by atoms with Crippen molar-refractivity contribution in [1.29, 1.82) is 0 Å². The van der Waals surface area contributed by atoms with Gasteiger partial charge < -0.3 is 15.0 Å². The number of aromatic amines is 1. The molecule has 0 aliphatic carbocycles. The van der Waals surface area contributed by atoms with Crippen molar-refractivity contribution >= 4 is 38.5 Å². The van der Waals surface area contributed by atoms with Gasteiger partial charge in [0.15, 0.2) is 0 Å². The molecule has 33 heavy (non-hydrogen) atoms. The molecule has 0 fully saturated rings. The Hall–Kier alpha value is -4.66. The van der Waals surface area contributed by atoms with Crippen LogP contribution in [0.1, 0.15) is 5.56 Å². The summed E-state index contributed by atoms with van der Waals surface area (Å²) in [6, 6.07) is 16.7. The minimum Gasteiger partial charge on any atom is -0.439 e. The number of benzene rings is 2. The largest absolute Gasteiger partial charge is 0.439 e. The molecule has 0 aliphatic rings. The van der Waals surface area contributed by atoms with Crippen LogP contribution in [0.4, 0.5) is 5.82 Å². The van der Waals surface area contributed by atoms with Gasteiger partial charge in [-0.2, -0.15) is 15.2 Å². The van der Waals surface area contributed by atoms with Gasteiger partial charge in [-0.3, -0.25) is 9.89 Å². The molecule has 9 heteroatoms. The molecule has 6 rings (SSSR count). The lowest BCUT2D eigenvalue weighted by Crippen LogP contribution is -2.24. The van der Waals surface area contributed by atoms with Crippen LogP contribution in [0.15, 0.2) is 71.8 Å². The van der Waals surface area contributed by atoms with Gasteiger partial charge in [0.1, 0.15) is 17.1 Å². The van der Waals surface area contributed by atoms with Crippen LogP contribution in [-0.2, 0) is 13.6 Å². The van der Waals surface area contributed by atoms with Crippen LogP contribution < -0.4 is 16.0 Å². The van der Waals surface area contributed by atoms with Gasteiger partial charge in [-0.05, 0) is 29.8 Å². The third kappa shape index (κ3) is 3.09. The number of pyridine rings is 1. The second-order valence-corrected chi connectivity index (χ2v) is 7.86. The number of nitrogens with zero attached hydrogens (tertiary/aromatic N) is 5. The van der Waals surface area contributed by atoms with Crippen molar-refractivity contribution in [3.63, 3.8) is 0 Å². The average Bonchev–Trinajstić information content (AvgIpc) is 3.40. The van der Waals surface area contributed by atoms with Crippen LogP contribution in [0.2, 0.25) is 0 Å². The summed E-state index contributed by atoms with van der Waals surface area (Å²) in [5.74, 6) is 1.40. The van der Waals surface area contributed by atoms with E-state index in [0.29, 0.717) is 29.5 Å². The number of nitrogens with one attached hydrogen (secondary N) is 1.